The van der Waals surface area contributed by atoms with E-state index >= 15 is 0 Å². The van der Waals surface area contributed by atoms with Crippen LogP contribution in [0.25, 0.3) is 75.8 Å². The summed E-state index contributed by atoms with van der Waals surface area (Å²) < 4.78 is 5.18. The van der Waals surface area contributed by atoms with Crippen molar-refractivity contribution in [1.82, 2.24) is 4.57 Å². The molecule has 2 nitrogen and oxygen atoms in total. The van der Waals surface area contributed by atoms with E-state index in [1.807, 2.05) is 11.3 Å². The molecule has 2 aliphatic rings. The molecule has 1 aliphatic heterocycles. The van der Waals surface area contributed by atoms with E-state index in [1.54, 1.807) is 0 Å². The van der Waals surface area contributed by atoms with Crippen LogP contribution in [0.1, 0.15) is 18.4 Å². The van der Waals surface area contributed by atoms with Crippen molar-refractivity contribution in [3.8, 4) is 39.2 Å². The van der Waals surface area contributed by atoms with Crippen LogP contribution in [0.3, 0.4) is 0 Å². The molecule has 3 heteroatoms. The SMILES string of the molecule is C1=CC(c2cccc3c4c(n(-c5ccccc5)c23)-c2ccccc2N(c2cccc(-c3ccc5sc6ccccc6c5c3)c2)c2ccccc2-4)=CCC1. The third kappa shape index (κ3) is 4.71. The maximum Gasteiger partial charge on any atom is 0.0641 e. The Labute approximate surface area is 312 Å². The van der Waals surface area contributed by atoms with Gasteiger partial charge in [-0.2, -0.15) is 0 Å². The first kappa shape index (κ1) is 30.2. The van der Waals surface area contributed by atoms with Crippen LogP contribution < -0.4 is 4.90 Å². The number of rotatable bonds is 4. The van der Waals surface area contributed by atoms with E-state index in [0.717, 1.165) is 29.9 Å². The number of thiophene rings is 1. The van der Waals surface area contributed by atoms with Crippen molar-refractivity contribution in [2.75, 3.05) is 4.90 Å². The third-order valence-corrected chi connectivity index (χ3v) is 12.1. The Bertz CT molecular complexity index is 2960. The van der Waals surface area contributed by atoms with Crippen LogP contribution in [0.4, 0.5) is 17.1 Å². The predicted octanol–water partition coefficient (Wildman–Crippen LogP) is 14.5. The fourth-order valence-corrected chi connectivity index (χ4v) is 9.72. The van der Waals surface area contributed by atoms with Crippen LogP contribution in [-0.4, -0.2) is 4.57 Å². The molecule has 2 aromatic heterocycles. The van der Waals surface area contributed by atoms with Crippen molar-refractivity contribution in [2.45, 2.75) is 12.8 Å². The average molecular weight is 695 g/mol. The minimum absolute atomic E-state index is 1.06. The second kappa shape index (κ2) is 12.1. The second-order valence-corrected chi connectivity index (χ2v) is 15.0. The van der Waals surface area contributed by atoms with Crippen molar-refractivity contribution >= 4 is 65.0 Å². The summed E-state index contributed by atoms with van der Waals surface area (Å²) in [4.78, 5) is 2.48. The summed E-state index contributed by atoms with van der Waals surface area (Å²) in [7, 11) is 0. The lowest BCUT2D eigenvalue weighted by molar-refractivity contribution is 1.04. The van der Waals surface area contributed by atoms with E-state index in [2.05, 4.69) is 191 Å². The Morgan fingerprint density at radius 1 is 0.472 bits per heavy atom. The highest BCUT2D eigenvalue weighted by molar-refractivity contribution is 7.25. The number of hydrogen-bond acceptors (Lipinski definition) is 2. The number of nitrogens with zero attached hydrogens (tertiary/aromatic N) is 2. The Hall–Kier alpha value is -6.42. The highest BCUT2D eigenvalue weighted by atomic mass is 32.1. The van der Waals surface area contributed by atoms with E-state index in [1.165, 1.54) is 81.4 Å². The first-order valence-corrected chi connectivity index (χ1v) is 19.2. The standard InChI is InChI=1S/C50H34N2S/c1-3-15-33(16-4-1)38-24-14-25-42-48-40-22-7-10-26-44(40)51(45-27-11-8-23-41(45)50(48)52(49(38)42)36-18-5-2-6-19-36)37-20-13-17-34(31-37)35-29-30-47-43(32-35)39-21-9-12-28-46(39)53-47/h2-3,5-32H,1,4H2. The first-order valence-electron chi connectivity index (χ1n) is 18.4. The van der Waals surface area contributed by atoms with E-state index in [9.17, 15) is 0 Å². The van der Waals surface area contributed by atoms with Gasteiger partial charge < -0.3 is 9.47 Å². The molecule has 53 heavy (non-hydrogen) atoms. The van der Waals surface area contributed by atoms with E-state index < -0.39 is 0 Å². The molecule has 3 heterocycles. The van der Waals surface area contributed by atoms with Gasteiger partial charge in [-0.1, -0.05) is 127 Å². The second-order valence-electron chi connectivity index (χ2n) is 14.0. The van der Waals surface area contributed by atoms with Gasteiger partial charge in [0.15, 0.2) is 0 Å². The average Bonchev–Trinajstić information content (AvgIpc) is 3.74. The first-order chi connectivity index (χ1) is 26.3. The van der Waals surface area contributed by atoms with Crippen molar-refractivity contribution in [2.24, 2.45) is 0 Å². The van der Waals surface area contributed by atoms with Gasteiger partial charge in [-0.3, -0.25) is 0 Å². The number of aromatic nitrogens is 1. The van der Waals surface area contributed by atoms with Gasteiger partial charge in [-0.05, 0) is 84.1 Å². The molecule has 0 amide bonds. The highest BCUT2D eigenvalue weighted by Crippen LogP contribution is 2.55. The van der Waals surface area contributed by atoms with E-state index in [0.29, 0.717) is 0 Å². The summed E-state index contributed by atoms with van der Waals surface area (Å²) in [6.07, 6.45) is 9.17. The van der Waals surface area contributed by atoms with Crippen molar-refractivity contribution in [3.05, 3.63) is 188 Å². The van der Waals surface area contributed by atoms with Crippen LogP contribution in [0.15, 0.2) is 182 Å². The van der Waals surface area contributed by atoms with Gasteiger partial charge in [-0.15, -0.1) is 11.3 Å². The number of para-hydroxylation sites is 4. The zero-order valence-electron chi connectivity index (χ0n) is 29.0. The molecule has 0 N–H and O–H groups in total. The molecule has 250 valence electrons. The van der Waals surface area contributed by atoms with Crippen LogP contribution >= 0.6 is 11.3 Å². The number of allylic oxidation sites excluding steroid dienone is 4. The predicted molar refractivity (Wildman–Crippen MR) is 227 cm³/mol. The fourth-order valence-electron chi connectivity index (χ4n) is 8.63. The van der Waals surface area contributed by atoms with Crippen LogP contribution in [-0.2, 0) is 0 Å². The van der Waals surface area contributed by atoms with Gasteiger partial charge in [0.05, 0.1) is 22.6 Å². The number of benzene rings is 7. The molecule has 7 aromatic carbocycles. The molecular weight excluding hydrogens is 661 g/mol. The summed E-state index contributed by atoms with van der Waals surface area (Å²) >= 11 is 1.87. The molecule has 1 aliphatic carbocycles. The quantitative estimate of drug-likeness (QED) is 0.178. The zero-order chi connectivity index (χ0) is 34.9. The van der Waals surface area contributed by atoms with Gasteiger partial charge in [0, 0.05) is 59.2 Å². The lowest BCUT2D eigenvalue weighted by Crippen LogP contribution is -2.11. The molecule has 0 fully saturated rings. The fraction of sp³-hybridized carbons (Fsp3) is 0.0400. The summed E-state index contributed by atoms with van der Waals surface area (Å²) in [6.45, 7) is 0. The molecule has 0 spiro atoms. The van der Waals surface area contributed by atoms with Crippen LogP contribution in [0, 0.1) is 0 Å². The van der Waals surface area contributed by atoms with Crippen molar-refractivity contribution < 1.29 is 0 Å². The maximum absolute atomic E-state index is 2.53. The summed E-state index contributed by atoms with van der Waals surface area (Å²) in [5.41, 5.74) is 15.8. The molecule has 9 aromatic rings. The third-order valence-electron chi connectivity index (χ3n) is 10.9. The maximum atomic E-state index is 2.53. The minimum atomic E-state index is 1.06. The van der Waals surface area contributed by atoms with E-state index in [-0.39, 0.29) is 0 Å². The number of fused-ring (bicyclic) bond motifs is 10. The Morgan fingerprint density at radius 2 is 1.15 bits per heavy atom. The summed E-state index contributed by atoms with van der Waals surface area (Å²) in [6, 6.07) is 60.5. The largest absolute Gasteiger partial charge is 0.309 e. The molecule has 0 unspecified atom stereocenters. The number of hydrogen-bond donors (Lipinski definition) is 0. The molecule has 0 saturated heterocycles. The van der Waals surface area contributed by atoms with Gasteiger partial charge in [0.25, 0.3) is 0 Å². The lowest BCUT2D eigenvalue weighted by Gasteiger charge is -2.28. The van der Waals surface area contributed by atoms with Crippen LogP contribution in [0.2, 0.25) is 0 Å². The smallest absolute Gasteiger partial charge is 0.0641 e. The minimum Gasteiger partial charge on any atom is -0.309 e. The lowest BCUT2D eigenvalue weighted by atomic mass is 9.94. The Morgan fingerprint density at radius 3 is 2.02 bits per heavy atom. The molecular formula is C50H34N2S. The molecule has 0 radical (unpaired) electrons. The van der Waals surface area contributed by atoms with Gasteiger partial charge >= 0.3 is 0 Å². The van der Waals surface area contributed by atoms with Gasteiger partial charge in [0.1, 0.15) is 0 Å². The van der Waals surface area contributed by atoms with E-state index in [4.69, 9.17) is 0 Å². The monoisotopic (exact) mass is 694 g/mol. The topological polar surface area (TPSA) is 8.17 Å². The molecule has 0 bridgehead atoms. The van der Waals surface area contributed by atoms with Crippen LogP contribution in [0.5, 0.6) is 0 Å². The zero-order valence-corrected chi connectivity index (χ0v) is 29.9. The van der Waals surface area contributed by atoms with Crippen molar-refractivity contribution in [3.63, 3.8) is 0 Å². The Kier molecular flexibility index (Phi) is 6.89. The Balaban J connectivity index is 1.18. The van der Waals surface area contributed by atoms with Crippen molar-refractivity contribution in [1.29, 1.82) is 0 Å². The summed E-state index contributed by atoms with van der Waals surface area (Å²) in [5, 5.41) is 3.90. The highest BCUT2D eigenvalue weighted by Gasteiger charge is 2.32. The normalized spacial score (nSPS) is 13.5. The molecule has 0 atom stereocenters. The summed E-state index contributed by atoms with van der Waals surface area (Å²) in [5.74, 6) is 0. The number of anilines is 3. The van der Waals surface area contributed by atoms with Gasteiger partial charge in [-0.25, -0.2) is 0 Å². The molecule has 11 rings (SSSR count). The molecule has 0 saturated carbocycles. The van der Waals surface area contributed by atoms with Gasteiger partial charge in [0.2, 0.25) is 0 Å².